The molecular formula is C33H33ClF3N5O5. The number of rotatable bonds is 1. The van der Waals surface area contributed by atoms with Gasteiger partial charge in [0.05, 0.1) is 17.1 Å². The molecule has 4 aromatic rings. The third-order valence-corrected chi connectivity index (χ3v) is 9.85. The number of pyridine rings is 1. The van der Waals surface area contributed by atoms with E-state index < -0.39 is 47.9 Å². The maximum atomic E-state index is 17.0. The molecule has 7 heterocycles. The van der Waals surface area contributed by atoms with Gasteiger partial charge in [0, 0.05) is 56.3 Å². The molecule has 47 heavy (non-hydrogen) atoms. The number of piperidine rings is 1. The zero-order valence-corrected chi connectivity index (χ0v) is 26.4. The SMILES string of the molecule is C[C@H]1CN2CC[C@]1(F)c1cc(Cl)cnc1O[C@H]1C[C@@H](C(=O)O)N(C1)c1nc(nc3c1oc1ccccc13)C(F)(F)CCCCCC2=O. The Bertz CT molecular complexity index is 1870. The first-order valence-corrected chi connectivity index (χ1v) is 16.2. The first kappa shape index (κ1) is 31.5. The van der Waals surface area contributed by atoms with E-state index in [-0.39, 0.29) is 84.6 Å². The highest BCUT2D eigenvalue weighted by Crippen LogP contribution is 2.46. The van der Waals surface area contributed by atoms with Gasteiger partial charge in [0.2, 0.25) is 17.6 Å². The molecule has 2 fully saturated rings. The van der Waals surface area contributed by atoms with E-state index >= 15 is 13.2 Å². The van der Waals surface area contributed by atoms with Gasteiger partial charge >= 0.3 is 11.9 Å². The first-order valence-electron chi connectivity index (χ1n) is 15.8. The fourth-order valence-electron chi connectivity index (χ4n) is 7.07. The number of halogens is 4. The predicted molar refractivity (Wildman–Crippen MR) is 166 cm³/mol. The maximum Gasteiger partial charge on any atom is 0.326 e. The minimum absolute atomic E-state index is 0.0210. The Kier molecular flexibility index (Phi) is 7.92. The number of carbonyl (C=O) groups is 2. The van der Waals surface area contributed by atoms with Crippen molar-refractivity contribution in [3.63, 3.8) is 0 Å². The summed E-state index contributed by atoms with van der Waals surface area (Å²) >= 11 is 6.29. The number of ether oxygens (including phenoxy) is 1. The summed E-state index contributed by atoms with van der Waals surface area (Å²) in [5, 5.41) is 11.0. The first-order chi connectivity index (χ1) is 22.4. The van der Waals surface area contributed by atoms with Gasteiger partial charge in [0.1, 0.15) is 28.9 Å². The lowest BCUT2D eigenvalue weighted by atomic mass is 9.78. The fourth-order valence-corrected chi connectivity index (χ4v) is 7.23. The number of hydrogen-bond acceptors (Lipinski definition) is 8. The van der Waals surface area contributed by atoms with Crippen molar-refractivity contribution in [1.29, 1.82) is 0 Å². The lowest BCUT2D eigenvalue weighted by Crippen LogP contribution is -2.49. The standard InChI is InChI=1S/C33H33ClF3N5O5/c1-18-16-41-12-11-32(18,35)22-13-19(34)15-38-29(22)46-20-14-23(30(44)45)42(17-20)28-27-26(21-7-4-5-8-24(21)47-27)39-31(40-28)33(36,37)10-6-2-3-9-25(41)43/h4-5,7-8,13,15,18,20,23H,2-3,6,9-12,14,16-17H2,1H3,(H,44,45)/t18-,20-,23-,32+/m0/s1. The summed E-state index contributed by atoms with van der Waals surface area (Å²) in [5.74, 6) is -6.34. The number of hydrogen-bond donors (Lipinski definition) is 1. The van der Waals surface area contributed by atoms with E-state index in [0.29, 0.717) is 23.8 Å². The Balaban J connectivity index is 1.35. The quantitative estimate of drug-likeness (QED) is 0.238. The molecule has 0 spiro atoms. The highest BCUT2D eigenvalue weighted by molar-refractivity contribution is 6.30. The van der Waals surface area contributed by atoms with E-state index in [1.807, 2.05) is 0 Å². The zero-order chi connectivity index (χ0) is 33.1. The van der Waals surface area contributed by atoms with Crippen molar-refractivity contribution in [3.05, 3.63) is 52.9 Å². The van der Waals surface area contributed by atoms with E-state index in [0.717, 1.165) is 0 Å². The van der Waals surface area contributed by atoms with Gasteiger partial charge in [-0.05, 0) is 31.0 Å². The number of alkyl halides is 3. The van der Waals surface area contributed by atoms with Gasteiger partial charge in [-0.25, -0.2) is 24.1 Å². The van der Waals surface area contributed by atoms with Crippen LogP contribution in [0, 0.1) is 5.92 Å². The molecule has 14 heteroatoms. The van der Waals surface area contributed by atoms with Crippen molar-refractivity contribution in [2.24, 2.45) is 5.92 Å². The van der Waals surface area contributed by atoms with E-state index in [1.165, 1.54) is 17.2 Å². The van der Waals surface area contributed by atoms with Gasteiger partial charge in [-0.2, -0.15) is 8.78 Å². The third kappa shape index (κ3) is 5.62. The number of aromatic nitrogens is 3. The zero-order valence-electron chi connectivity index (χ0n) is 25.6. The average Bonchev–Trinajstić information content (AvgIpc) is 3.64. The molecular weight excluding hydrogens is 639 g/mol. The molecule has 1 amide bonds. The summed E-state index contributed by atoms with van der Waals surface area (Å²) in [6, 6.07) is 7.05. The number of carboxylic acid groups (broad SMARTS) is 1. The number of nitrogens with zero attached hydrogens (tertiary/aromatic N) is 5. The molecule has 0 unspecified atom stereocenters. The molecule has 0 aliphatic carbocycles. The second-order valence-electron chi connectivity index (χ2n) is 12.8. The molecule has 0 radical (unpaired) electrons. The van der Waals surface area contributed by atoms with Gasteiger partial charge in [-0.1, -0.05) is 37.1 Å². The van der Waals surface area contributed by atoms with Gasteiger partial charge in [0.15, 0.2) is 11.4 Å². The van der Waals surface area contributed by atoms with Crippen LogP contribution in [-0.4, -0.2) is 68.6 Å². The van der Waals surface area contributed by atoms with Crippen molar-refractivity contribution < 1.29 is 37.0 Å². The summed E-state index contributed by atoms with van der Waals surface area (Å²) in [7, 11) is 0. The highest BCUT2D eigenvalue weighted by Gasteiger charge is 2.48. The summed E-state index contributed by atoms with van der Waals surface area (Å²) in [6.07, 6.45) is 0.847. The number of fused-ring (bicyclic) bond motifs is 11. The maximum absolute atomic E-state index is 17.0. The van der Waals surface area contributed by atoms with Crippen molar-refractivity contribution in [1.82, 2.24) is 19.9 Å². The molecule has 2 saturated heterocycles. The van der Waals surface area contributed by atoms with E-state index in [9.17, 15) is 14.7 Å². The van der Waals surface area contributed by atoms with Crippen molar-refractivity contribution in [2.45, 2.75) is 75.6 Å². The molecule has 3 aromatic heterocycles. The van der Waals surface area contributed by atoms with Crippen LogP contribution in [0.15, 0.2) is 40.9 Å². The molecule has 6 bridgehead atoms. The fraction of sp³-hybridized carbons (Fsp3) is 0.485. The number of carbonyl (C=O) groups excluding carboxylic acids is 1. The van der Waals surface area contributed by atoms with Crippen LogP contribution in [0.2, 0.25) is 5.02 Å². The summed E-state index contributed by atoms with van der Waals surface area (Å²) in [5.41, 5.74) is -1.21. The van der Waals surface area contributed by atoms with Crippen LogP contribution in [0.1, 0.15) is 63.3 Å². The van der Waals surface area contributed by atoms with Crippen molar-refractivity contribution in [3.8, 4) is 5.88 Å². The van der Waals surface area contributed by atoms with E-state index in [2.05, 4.69) is 15.0 Å². The Morgan fingerprint density at radius 1 is 1.11 bits per heavy atom. The largest absolute Gasteiger partial charge is 0.480 e. The van der Waals surface area contributed by atoms with E-state index in [1.54, 1.807) is 36.1 Å². The molecule has 4 atom stereocenters. The van der Waals surface area contributed by atoms with Gasteiger partial charge < -0.3 is 24.1 Å². The highest BCUT2D eigenvalue weighted by atomic mass is 35.5. The minimum Gasteiger partial charge on any atom is -0.480 e. The number of benzene rings is 1. The summed E-state index contributed by atoms with van der Waals surface area (Å²) in [4.78, 5) is 41.5. The molecule has 1 aromatic carbocycles. The third-order valence-electron chi connectivity index (χ3n) is 9.65. The van der Waals surface area contributed by atoms with Crippen LogP contribution in [0.3, 0.4) is 0 Å². The van der Waals surface area contributed by atoms with Crippen LogP contribution in [0.25, 0.3) is 22.1 Å². The topological polar surface area (TPSA) is 122 Å². The summed E-state index contributed by atoms with van der Waals surface area (Å²) < 4.78 is 60.9. The number of furan rings is 1. The van der Waals surface area contributed by atoms with E-state index in [4.69, 9.17) is 20.8 Å². The number of aliphatic carboxylic acids is 1. The molecule has 10 nitrogen and oxygen atoms in total. The van der Waals surface area contributed by atoms with Crippen LogP contribution < -0.4 is 9.64 Å². The monoisotopic (exact) mass is 671 g/mol. The molecule has 8 rings (SSSR count). The molecule has 1 N–H and O–H groups in total. The molecule has 4 aliphatic heterocycles. The van der Waals surface area contributed by atoms with Crippen LogP contribution >= 0.6 is 11.6 Å². The molecule has 248 valence electrons. The number of anilines is 1. The Hall–Kier alpha value is -4.13. The molecule has 0 saturated carbocycles. The summed E-state index contributed by atoms with van der Waals surface area (Å²) in [6.45, 7) is 1.92. The normalized spacial score (nSPS) is 26.7. The van der Waals surface area contributed by atoms with Crippen LogP contribution in [0.4, 0.5) is 19.0 Å². The second-order valence-corrected chi connectivity index (χ2v) is 13.2. The lowest BCUT2D eigenvalue weighted by Gasteiger charge is -2.42. The number of amides is 1. The number of carboxylic acids is 1. The van der Waals surface area contributed by atoms with Gasteiger partial charge in [-0.3, -0.25) is 4.79 Å². The van der Waals surface area contributed by atoms with Crippen molar-refractivity contribution >= 4 is 51.4 Å². The second kappa shape index (κ2) is 11.8. The Morgan fingerprint density at radius 2 is 1.91 bits per heavy atom. The van der Waals surface area contributed by atoms with Crippen LogP contribution in [0.5, 0.6) is 5.88 Å². The lowest BCUT2D eigenvalue weighted by molar-refractivity contribution is -0.138. The minimum atomic E-state index is -3.45. The molecule has 4 aliphatic rings. The smallest absolute Gasteiger partial charge is 0.326 e. The van der Waals surface area contributed by atoms with Gasteiger partial charge in [-0.15, -0.1) is 0 Å². The Morgan fingerprint density at radius 3 is 2.70 bits per heavy atom. The Labute approximate surface area is 272 Å². The average molecular weight is 672 g/mol. The predicted octanol–water partition coefficient (Wildman–Crippen LogP) is 6.62. The van der Waals surface area contributed by atoms with Crippen molar-refractivity contribution in [2.75, 3.05) is 24.5 Å². The van der Waals surface area contributed by atoms with Crippen LogP contribution in [-0.2, 0) is 21.2 Å². The number of para-hydroxylation sites is 1. The van der Waals surface area contributed by atoms with Gasteiger partial charge in [0.25, 0.3) is 0 Å².